The Labute approximate surface area is 131 Å². The summed E-state index contributed by atoms with van der Waals surface area (Å²) in [5, 5.41) is 0. The summed E-state index contributed by atoms with van der Waals surface area (Å²) < 4.78 is 0. The third-order valence-electron chi connectivity index (χ3n) is 3.49. The van der Waals surface area contributed by atoms with Gasteiger partial charge in [-0.05, 0) is 23.5 Å². The first kappa shape index (κ1) is 16.0. The molecule has 2 aromatic rings. The van der Waals surface area contributed by atoms with E-state index in [-0.39, 0.29) is 11.8 Å². The molecule has 0 radical (unpaired) electrons. The molecule has 3 heteroatoms. The minimum absolute atomic E-state index is 0.244. The van der Waals surface area contributed by atoms with Crippen LogP contribution in [0, 0.1) is 0 Å². The van der Waals surface area contributed by atoms with Gasteiger partial charge in [0, 0.05) is 5.57 Å². The first-order valence-corrected chi connectivity index (χ1v) is 7.35. The van der Waals surface area contributed by atoms with E-state index in [2.05, 4.69) is 31.1 Å². The second-order valence-corrected chi connectivity index (χ2v) is 5.32. The third-order valence-corrected chi connectivity index (χ3v) is 3.49. The molecule has 1 amide bonds. The third kappa shape index (κ3) is 4.86. The van der Waals surface area contributed by atoms with Crippen LogP contribution in [0.1, 0.15) is 30.4 Å². The fraction of sp³-hybridized carbons (Fsp3) is 0.211. The zero-order valence-corrected chi connectivity index (χ0v) is 12.8. The highest BCUT2D eigenvalue weighted by Gasteiger charge is 2.12. The number of nitrogens with one attached hydrogen (secondary N) is 1. The molecule has 0 saturated heterocycles. The standard InChI is InChI=1S/C19H21NO2/c1-15(18-11-7-4-8-12-18)13-16(2)19(21)20-22-14-17-9-5-3-6-10-17/h3-12,15H,2,13-14H2,1H3,(H,20,21). The minimum Gasteiger partial charge on any atom is -0.269 e. The van der Waals surface area contributed by atoms with E-state index >= 15 is 0 Å². The molecule has 0 heterocycles. The smallest absolute Gasteiger partial charge is 0.269 e. The number of benzene rings is 2. The van der Waals surface area contributed by atoms with Crippen LogP contribution in [0.4, 0.5) is 0 Å². The van der Waals surface area contributed by atoms with Crippen LogP contribution in [0.2, 0.25) is 0 Å². The van der Waals surface area contributed by atoms with E-state index in [1.165, 1.54) is 5.56 Å². The summed E-state index contributed by atoms with van der Waals surface area (Å²) in [7, 11) is 0. The van der Waals surface area contributed by atoms with Gasteiger partial charge in [0.2, 0.25) is 0 Å². The van der Waals surface area contributed by atoms with E-state index in [4.69, 9.17) is 4.84 Å². The van der Waals surface area contributed by atoms with Crippen molar-refractivity contribution >= 4 is 5.91 Å². The molecule has 0 aliphatic carbocycles. The molecule has 0 aliphatic heterocycles. The molecule has 1 N–H and O–H groups in total. The highest BCUT2D eigenvalue weighted by molar-refractivity contribution is 5.92. The number of carbonyl (C=O) groups excluding carboxylic acids is 1. The summed E-state index contributed by atoms with van der Waals surface area (Å²) >= 11 is 0. The van der Waals surface area contributed by atoms with Crippen molar-refractivity contribution in [2.45, 2.75) is 25.9 Å². The van der Waals surface area contributed by atoms with Crippen molar-refractivity contribution in [1.82, 2.24) is 5.48 Å². The van der Waals surface area contributed by atoms with Crippen LogP contribution in [-0.2, 0) is 16.2 Å². The lowest BCUT2D eigenvalue weighted by Crippen LogP contribution is -2.25. The molecular weight excluding hydrogens is 274 g/mol. The van der Waals surface area contributed by atoms with Gasteiger partial charge in [-0.15, -0.1) is 0 Å². The van der Waals surface area contributed by atoms with E-state index in [1.807, 2.05) is 48.5 Å². The first-order valence-electron chi connectivity index (χ1n) is 7.35. The number of hydrogen-bond acceptors (Lipinski definition) is 2. The fourth-order valence-corrected chi connectivity index (χ4v) is 2.19. The summed E-state index contributed by atoms with van der Waals surface area (Å²) in [6.07, 6.45) is 0.602. The van der Waals surface area contributed by atoms with Gasteiger partial charge in [-0.2, -0.15) is 0 Å². The van der Waals surface area contributed by atoms with Crippen molar-refractivity contribution in [3.8, 4) is 0 Å². The molecule has 3 nitrogen and oxygen atoms in total. The summed E-state index contributed by atoms with van der Waals surface area (Å²) in [6.45, 7) is 6.28. The van der Waals surface area contributed by atoms with Gasteiger partial charge in [0.05, 0.1) is 6.61 Å². The molecule has 22 heavy (non-hydrogen) atoms. The number of carbonyl (C=O) groups is 1. The monoisotopic (exact) mass is 295 g/mol. The zero-order valence-electron chi connectivity index (χ0n) is 12.8. The predicted molar refractivity (Wildman–Crippen MR) is 88.0 cm³/mol. The zero-order chi connectivity index (χ0) is 15.8. The average molecular weight is 295 g/mol. The van der Waals surface area contributed by atoms with Crippen molar-refractivity contribution in [2.75, 3.05) is 0 Å². The fourth-order valence-electron chi connectivity index (χ4n) is 2.19. The Morgan fingerprint density at radius 2 is 1.68 bits per heavy atom. The lowest BCUT2D eigenvalue weighted by molar-refractivity contribution is -0.130. The number of amides is 1. The van der Waals surface area contributed by atoms with Gasteiger partial charge in [0.15, 0.2) is 0 Å². The maximum Gasteiger partial charge on any atom is 0.270 e. The quantitative estimate of drug-likeness (QED) is 0.619. The lowest BCUT2D eigenvalue weighted by Gasteiger charge is -2.13. The topological polar surface area (TPSA) is 38.3 Å². The van der Waals surface area contributed by atoms with Crippen LogP contribution in [0.3, 0.4) is 0 Å². The lowest BCUT2D eigenvalue weighted by atomic mass is 9.94. The highest BCUT2D eigenvalue weighted by Crippen LogP contribution is 2.22. The Bertz CT molecular complexity index is 608. The van der Waals surface area contributed by atoms with Crippen LogP contribution in [-0.4, -0.2) is 5.91 Å². The van der Waals surface area contributed by atoms with Crippen molar-refractivity contribution in [3.05, 3.63) is 83.9 Å². The molecule has 0 fully saturated rings. The van der Waals surface area contributed by atoms with Gasteiger partial charge in [0.25, 0.3) is 5.91 Å². The molecule has 114 valence electrons. The van der Waals surface area contributed by atoms with E-state index in [0.717, 1.165) is 5.56 Å². The Balaban J connectivity index is 1.76. The van der Waals surface area contributed by atoms with E-state index in [1.54, 1.807) is 0 Å². The average Bonchev–Trinajstić information content (AvgIpc) is 2.56. The highest BCUT2D eigenvalue weighted by atomic mass is 16.6. The van der Waals surface area contributed by atoms with Gasteiger partial charge in [-0.3, -0.25) is 9.63 Å². The van der Waals surface area contributed by atoms with Crippen LogP contribution in [0.25, 0.3) is 0 Å². The van der Waals surface area contributed by atoms with Gasteiger partial charge in [-0.25, -0.2) is 5.48 Å². The normalized spacial score (nSPS) is 11.7. The Hall–Kier alpha value is -2.39. The Morgan fingerprint density at radius 3 is 2.32 bits per heavy atom. The molecule has 0 bridgehead atoms. The summed E-state index contributed by atoms with van der Waals surface area (Å²) in [5.41, 5.74) is 5.17. The van der Waals surface area contributed by atoms with Crippen molar-refractivity contribution in [2.24, 2.45) is 0 Å². The van der Waals surface area contributed by atoms with Crippen molar-refractivity contribution < 1.29 is 9.63 Å². The molecule has 0 spiro atoms. The van der Waals surface area contributed by atoms with E-state index < -0.39 is 0 Å². The van der Waals surface area contributed by atoms with Crippen LogP contribution < -0.4 is 5.48 Å². The van der Waals surface area contributed by atoms with Crippen LogP contribution in [0.5, 0.6) is 0 Å². The Morgan fingerprint density at radius 1 is 1.09 bits per heavy atom. The van der Waals surface area contributed by atoms with E-state index in [0.29, 0.717) is 18.6 Å². The summed E-state index contributed by atoms with van der Waals surface area (Å²) in [6, 6.07) is 19.8. The Kier molecular flexibility index (Phi) is 5.92. The minimum atomic E-state index is -0.265. The molecule has 0 aromatic heterocycles. The molecule has 1 atom stereocenters. The van der Waals surface area contributed by atoms with Crippen LogP contribution in [0.15, 0.2) is 72.8 Å². The molecule has 2 rings (SSSR count). The van der Waals surface area contributed by atoms with E-state index in [9.17, 15) is 4.79 Å². The van der Waals surface area contributed by atoms with Gasteiger partial charge in [-0.1, -0.05) is 74.2 Å². The van der Waals surface area contributed by atoms with Crippen LogP contribution >= 0.6 is 0 Å². The number of hydrogen-bond donors (Lipinski definition) is 1. The molecular formula is C19H21NO2. The number of hydroxylamine groups is 1. The SMILES string of the molecule is C=C(CC(C)c1ccccc1)C(=O)NOCc1ccccc1. The second kappa shape index (κ2) is 8.15. The van der Waals surface area contributed by atoms with Gasteiger partial charge >= 0.3 is 0 Å². The second-order valence-electron chi connectivity index (χ2n) is 5.32. The molecule has 0 saturated carbocycles. The summed E-state index contributed by atoms with van der Waals surface area (Å²) in [5.74, 6) is -0.0210. The van der Waals surface area contributed by atoms with Gasteiger partial charge < -0.3 is 0 Å². The molecule has 2 aromatic carbocycles. The molecule has 1 unspecified atom stereocenters. The predicted octanol–water partition coefficient (Wildman–Crippen LogP) is 3.98. The maximum absolute atomic E-state index is 12.0. The van der Waals surface area contributed by atoms with Gasteiger partial charge in [0.1, 0.15) is 0 Å². The number of rotatable bonds is 7. The summed E-state index contributed by atoms with van der Waals surface area (Å²) in [4.78, 5) is 17.2. The first-order chi connectivity index (χ1) is 10.7. The largest absolute Gasteiger partial charge is 0.270 e. The van der Waals surface area contributed by atoms with Crippen molar-refractivity contribution in [3.63, 3.8) is 0 Å². The van der Waals surface area contributed by atoms with Crippen molar-refractivity contribution in [1.29, 1.82) is 0 Å². The molecule has 0 aliphatic rings. The maximum atomic E-state index is 12.0.